The number of benzene rings is 8. The van der Waals surface area contributed by atoms with Crippen molar-refractivity contribution in [2.75, 3.05) is 10.2 Å². The number of rotatable bonds is 9. The summed E-state index contributed by atoms with van der Waals surface area (Å²) in [6.07, 6.45) is 22.0. The van der Waals surface area contributed by atoms with Gasteiger partial charge in [0.15, 0.2) is 0 Å². The number of hydrogen-bond acceptors (Lipinski definition) is 2. The summed E-state index contributed by atoms with van der Waals surface area (Å²) < 4.78 is 0. The summed E-state index contributed by atoms with van der Waals surface area (Å²) in [4.78, 5) is 2.27. The third-order valence-corrected chi connectivity index (χ3v) is 10.7. The molecule has 2 nitrogen and oxygen atoms in total. The van der Waals surface area contributed by atoms with Crippen LogP contribution >= 0.6 is 0 Å². The van der Waals surface area contributed by atoms with Crippen molar-refractivity contribution in [1.82, 2.24) is 0 Å². The Kier molecular flexibility index (Phi) is 22.2. The van der Waals surface area contributed by atoms with E-state index in [1.807, 2.05) is 73.0 Å². The van der Waals surface area contributed by atoms with E-state index < -0.39 is 0 Å². The first-order chi connectivity index (χ1) is 33.2. The Morgan fingerprint density at radius 3 is 1.19 bits per heavy atom. The SMILES string of the molecule is CC1C=CC=CC1.Cc1ccc(-c2ccc(N/C=C/C=C\C=C/c3ccc(N(c4ccccc4)c4ccccc4)cc3)cc2)cc1.Cc1ccc(C)cc1.Cc1ccccc1.Cc1ccccc1. The molecule has 0 amide bonds. The van der Waals surface area contributed by atoms with Gasteiger partial charge in [-0.3, -0.25) is 0 Å². The van der Waals surface area contributed by atoms with Crippen LogP contribution in [0.1, 0.15) is 46.7 Å². The van der Waals surface area contributed by atoms with E-state index in [2.05, 4.69) is 258 Å². The van der Waals surface area contributed by atoms with Crippen molar-refractivity contribution in [1.29, 1.82) is 0 Å². The van der Waals surface area contributed by atoms with Gasteiger partial charge in [-0.25, -0.2) is 0 Å². The molecule has 2 heteroatoms. The predicted octanol–water partition coefficient (Wildman–Crippen LogP) is 18.8. The molecular weight excluding hydrogens is 821 g/mol. The number of aryl methyl sites for hydroxylation is 5. The standard InChI is InChI=1S/C37H32N2.C8H10.C7H10.2C7H8/c1-30-17-21-32(22-18-30)33-23-25-34(26-24-33)38-29-11-3-2-6-12-31-19-27-37(28-20-31)39(35-13-7-4-8-14-35)36-15-9-5-10-16-36;1-7-3-5-8(2)6-4-7;3*1-7-5-3-2-4-6-7/h2-29,38H,1H3;3-6H,1-2H3;2-5,7H,6H2,1H3;2*2-6H,1H3/b3-2-,12-6-,29-11+;;;;. The highest BCUT2D eigenvalue weighted by molar-refractivity contribution is 5.77. The monoisotopic (exact) mass is 889 g/mol. The Bertz CT molecular complexity index is 2610. The number of anilines is 4. The first kappa shape index (κ1) is 51.1. The lowest BCUT2D eigenvalue weighted by atomic mass is 10.0. The quantitative estimate of drug-likeness (QED) is 0.145. The number of allylic oxidation sites excluding steroid dienone is 8. The molecule has 1 N–H and O–H groups in total. The Hall–Kier alpha value is -7.94. The zero-order valence-electron chi connectivity index (χ0n) is 40.8. The molecule has 0 radical (unpaired) electrons. The molecule has 1 unspecified atom stereocenters. The summed E-state index contributed by atoms with van der Waals surface area (Å²) >= 11 is 0. The van der Waals surface area contributed by atoms with Gasteiger partial charge in [0.05, 0.1) is 0 Å². The van der Waals surface area contributed by atoms with Crippen molar-refractivity contribution < 1.29 is 0 Å². The van der Waals surface area contributed by atoms with E-state index in [1.54, 1.807) is 0 Å². The predicted molar refractivity (Wildman–Crippen MR) is 299 cm³/mol. The maximum Gasteiger partial charge on any atom is 0.0462 e. The van der Waals surface area contributed by atoms with E-state index in [1.165, 1.54) is 45.4 Å². The van der Waals surface area contributed by atoms with Crippen LogP contribution < -0.4 is 10.2 Å². The molecule has 0 bridgehead atoms. The second-order valence-corrected chi connectivity index (χ2v) is 16.8. The highest BCUT2D eigenvalue weighted by Crippen LogP contribution is 2.34. The molecule has 1 aliphatic rings. The van der Waals surface area contributed by atoms with Gasteiger partial charge in [0, 0.05) is 28.9 Å². The maximum atomic E-state index is 3.32. The zero-order valence-corrected chi connectivity index (χ0v) is 40.8. The molecule has 0 heterocycles. The molecule has 0 aliphatic heterocycles. The van der Waals surface area contributed by atoms with Crippen LogP contribution in [0.3, 0.4) is 0 Å². The highest BCUT2D eigenvalue weighted by Gasteiger charge is 2.11. The number of hydrogen-bond donors (Lipinski definition) is 1. The topological polar surface area (TPSA) is 15.3 Å². The van der Waals surface area contributed by atoms with Crippen molar-refractivity contribution in [3.8, 4) is 11.1 Å². The molecule has 8 aromatic carbocycles. The minimum absolute atomic E-state index is 0.769. The minimum Gasteiger partial charge on any atom is -0.362 e. The van der Waals surface area contributed by atoms with Crippen LogP contribution in [0.15, 0.2) is 273 Å². The van der Waals surface area contributed by atoms with Gasteiger partial charge in [0.25, 0.3) is 0 Å². The summed E-state index contributed by atoms with van der Waals surface area (Å²) in [5, 5.41) is 3.32. The average Bonchev–Trinajstić information content (AvgIpc) is 3.38. The van der Waals surface area contributed by atoms with Crippen LogP contribution in [-0.2, 0) is 0 Å². The molecule has 0 fully saturated rings. The Labute approximate surface area is 408 Å². The molecule has 0 saturated carbocycles. The van der Waals surface area contributed by atoms with Crippen molar-refractivity contribution in [3.63, 3.8) is 0 Å². The van der Waals surface area contributed by atoms with Crippen LogP contribution in [0.2, 0.25) is 0 Å². The number of para-hydroxylation sites is 2. The van der Waals surface area contributed by atoms with Crippen molar-refractivity contribution in [2.45, 2.75) is 48.0 Å². The Balaban J connectivity index is 0.000000235. The van der Waals surface area contributed by atoms with Gasteiger partial charge in [-0.05, 0) is 118 Å². The van der Waals surface area contributed by atoms with Gasteiger partial charge in [-0.1, -0.05) is 253 Å². The maximum absolute atomic E-state index is 3.32. The number of nitrogens with zero attached hydrogens (tertiary/aromatic N) is 1. The van der Waals surface area contributed by atoms with Crippen molar-refractivity contribution >= 4 is 28.8 Å². The van der Waals surface area contributed by atoms with Gasteiger partial charge in [-0.15, -0.1) is 0 Å². The summed E-state index contributed by atoms with van der Waals surface area (Å²) in [6, 6.07) is 75.6. The summed E-state index contributed by atoms with van der Waals surface area (Å²) in [5.74, 6) is 0.769. The van der Waals surface area contributed by atoms with E-state index in [9.17, 15) is 0 Å². The lowest BCUT2D eigenvalue weighted by molar-refractivity contribution is 0.737. The Morgan fingerprint density at radius 1 is 0.397 bits per heavy atom. The lowest BCUT2D eigenvalue weighted by Crippen LogP contribution is -2.09. The molecule has 342 valence electrons. The second kappa shape index (κ2) is 29.6. The van der Waals surface area contributed by atoms with Crippen LogP contribution in [0.25, 0.3) is 17.2 Å². The van der Waals surface area contributed by atoms with Gasteiger partial charge < -0.3 is 10.2 Å². The first-order valence-electron chi connectivity index (χ1n) is 23.6. The fourth-order valence-electron chi connectivity index (χ4n) is 6.75. The van der Waals surface area contributed by atoms with Gasteiger partial charge >= 0.3 is 0 Å². The van der Waals surface area contributed by atoms with E-state index >= 15 is 0 Å². The summed E-state index contributed by atoms with van der Waals surface area (Å²) in [6.45, 7) is 12.7. The summed E-state index contributed by atoms with van der Waals surface area (Å²) in [7, 11) is 0. The van der Waals surface area contributed by atoms with Gasteiger partial charge in [0.1, 0.15) is 0 Å². The summed E-state index contributed by atoms with van der Waals surface area (Å²) in [5.41, 5.74) is 14.6. The van der Waals surface area contributed by atoms with Crippen molar-refractivity contribution in [2.24, 2.45) is 5.92 Å². The Morgan fingerprint density at radius 2 is 0.794 bits per heavy atom. The van der Waals surface area contributed by atoms with Gasteiger partial charge in [0.2, 0.25) is 0 Å². The number of nitrogens with one attached hydrogen (secondary N) is 1. The molecule has 0 saturated heterocycles. The third kappa shape index (κ3) is 19.7. The van der Waals surface area contributed by atoms with Crippen LogP contribution in [0, 0.1) is 40.5 Å². The fraction of sp³-hybridized carbons (Fsp3) is 0.121. The fourth-order valence-corrected chi connectivity index (χ4v) is 6.75. The lowest BCUT2D eigenvalue weighted by Gasteiger charge is -2.25. The molecule has 0 spiro atoms. The first-order valence-corrected chi connectivity index (χ1v) is 23.6. The largest absolute Gasteiger partial charge is 0.362 e. The van der Waals surface area contributed by atoms with Gasteiger partial charge in [-0.2, -0.15) is 0 Å². The molecule has 1 atom stereocenters. The van der Waals surface area contributed by atoms with E-state index in [0.717, 1.165) is 34.2 Å². The normalized spacial score (nSPS) is 12.4. The zero-order chi connectivity index (χ0) is 48.0. The van der Waals surface area contributed by atoms with Crippen molar-refractivity contribution in [3.05, 3.63) is 307 Å². The minimum atomic E-state index is 0.769. The molecule has 68 heavy (non-hydrogen) atoms. The molecule has 9 rings (SSSR count). The second-order valence-electron chi connectivity index (χ2n) is 16.8. The average molecular weight is 889 g/mol. The van der Waals surface area contributed by atoms with Crippen LogP contribution in [0.4, 0.5) is 22.7 Å². The molecular formula is C66H68N2. The smallest absolute Gasteiger partial charge is 0.0462 e. The van der Waals surface area contributed by atoms with E-state index in [4.69, 9.17) is 0 Å². The highest BCUT2D eigenvalue weighted by atomic mass is 15.1. The van der Waals surface area contributed by atoms with Crippen LogP contribution in [0.5, 0.6) is 0 Å². The van der Waals surface area contributed by atoms with Crippen LogP contribution in [-0.4, -0.2) is 0 Å². The molecule has 8 aromatic rings. The van der Waals surface area contributed by atoms with E-state index in [-0.39, 0.29) is 0 Å². The third-order valence-electron chi connectivity index (χ3n) is 10.7. The molecule has 1 aliphatic carbocycles. The molecule has 0 aromatic heterocycles. The van der Waals surface area contributed by atoms with E-state index in [0.29, 0.717) is 0 Å².